The summed E-state index contributed by atoms with van der Waals surface area (Å²) in [5.41, 5.74) is 3.08. The van der Waals surface area contributed by atoms with E-state index >= 15 is 0 Å². The second kappa shape index (κ2) is 9.01. The first-order chi connectivity index (χ1) is 17.4. The maximum absolute atomic E-state index is 12.5. The zero-order valence-corrected chi connectivity index (χ0v) is 21.2. The number of amides is 1. The van der Waals surface area contributed by atoms with E-state index < -0.39 is 0 Å². The number of aryl methyl sites for hydroxylation is 1. The average Bonchev–Trinajstić information content (AvgIpc) is 3.38. The molecule has 3 N–H and O–H groups in total. The van der Waals surface area contributed by atoms with E-state index in [2.05, 4.69) is 43.5 Å². The van der Waals surface area contributed by atoms with Crippen LogP contribution in [0, 0.1) is 0 Å². The lowest BCUT2D eigenvalue weighted by Gasteiger charge is -2.48. The predicted octanol–water partition coefficient (Wildman–Crippen LogP) is 3.55. The highest BCUT2D eigenvalue weighted by Gasteiger charge is 2.55. The van der Waals surface area contributed by atoms with Crippen LogP contribution in [0.3, 0.4) is 0 Å². The van der Waals surface area contributed by atoms with Crippen LogP contribution in [0.25, 0.3) is 11.0 Å². The predicted molar refractivity (Wildman–Crippen MR) is 138 cm³/mol. The molecule has 3 atom stereocenters. The lowest BCUT2D eigenvalue weighted by molar-refractivity contribution is -0.208. The van der Waals surface area contributed by atoms with Gasteiger partial charge in [0.1, 0.15) is 29.1 Å². The number of aromatic amines is 1. The van der Waals surface area contributed by atoms with E-state index in [9.17, 15) is 4.79 Å². The number of nitrogens with one attached hydrogen (secondary N) is 3. The number of anilines is 3. The summed E-state index contributed by atoms with van der Waals surface area (Å²) in [6, 6.07) is 6.36. The Hall–Kier alpha value is -3.24. The van der Waals surface area contributed by atoms with Gasteiger partial charge in [0.25, 0.3) is 5.91 Å². The van der Waals surface area contributed by atoms with Crippen LogP contribution in [0.4, 0.5) is 17.5 Å². The molecular weight excluding hydrogens is 456 g/mol. The molecule has 1 unspecified atom stereocenters. The number of unbranched alkanes of at least 4 members (excludes halogenated alkanes) is 2. The summed E-state index contributed by atoms with van der Waals surface area (Å²) in [4.78, 5) is 33.7. The van der Waals surface area contributed by atoms with E-state index in [4.69, 9.17) is 9.72 Å². The number of pyridine rings is 1. The summed E-state index contributed by atoms with van der Waals surface area (Å²) < 4.78 is 6.22. The topological polar surface area (TPSA) is 111 Å². The summed E-state index contributed by atoms with van der Waals surface area (Å²) in [5, 5.41) is 7.81. The van der Waals surface area contributed by atoms with Gasteiger partial charge in [0.05, 0.1) is 17.6 Å². The molecule has 3 aromatic rings. The maximum Gasteiger partial charge on any atom is 0.269 e. The number of hydrogen-bond acceptors (Lipinski definition) is 8. The molecule has 0 aliphatic carbocycles. The molecule has 7 heterocycles. The van der Waals surface area contributed by atoms with Crippen molar-refractivity contribution < 1.29 is 9.53 Å². The van der Waals surface area contributed by atoms with Gasteiger partial charge in [-0.25, -0.2) is 9.97 Å². The second-order valence-corrected chi connectivity index (χ2v) is 10.4. The minimum atomic E-state index is -0.0856. The third-order valence-corrected chi connectivity index (χ3v) is 7.53. The average molecular weight is 491 g/mol. The number of carbonyl (C=O) groups excluding carboxylic acids is 1. The fourth-order valence-electron chi connectivity index (χ4n) is 5.61. The van der Waals surface area contributed by atoms with Crippen LogP contribution < -0.4 is 15.5 Å². The van der Waals surface area contributed by atoms with Crippen LogP contribution in [0.1, 0.15) is 61.6 Å². The van der Waals surface area contributed by atoms with Crippen LogP contribution >= 0.6 is 0 Å². The van der Waals surface area contributed by atoms with Gasteiger partial charge in [0.2, 0.25) is 5.95 Å². The second-order valence-electron chi connectivity index (χ2n) is 10.4. The molecule has 4 aliphatic rings. The monoisotopic (exact) mass is 490 g/mol. The van der Waals surface area contributed by atoms with Gasteiger partial charge >= 0.3 is 0 Å². The standard InChI is InChI=1S/C26H34N8O2/c1-4-5-6-7-19-18-12-20(24(35)33(2)3)28-23(18)31-25(29-19)30-21-9-8-17(14-27-21)34-15-16-10-11-26(32-16)13-22(34)36-26/h8-9,12,14,16,22,32H,4-7,10-11,13,15H2,1-3H3,(H2,27,28,29,30,31)/t16-,22?,26+/m0/s1. The SMILES string of the molecule is CCCCCc1nc(Nc2ccc(N3C[C@@H]4CC[C@@]5(CC3O5)N4)cn2)nc2[nH]c(C(=O)N(C)C)cc12. The van der Waals surface area contributed by atoms with E-state index in [0.29, 0.717) is 29.1 Å². The highest BCUT2D eigenvalue weighted by molar-refractivity contribution is 5.97. The number of carbonyl (C=O) groups is 1. The normalized spacial score (nSPS) is 24.5. The van der Waals surface area contributed by atoms with Crippen molar-refractivity contribution in [3.8, 4) is 0 Å². The van der Waals surface area contributed by atoms with Gasteiger partial charge in [-0.1, -0.05) is 19.8 Å². The Kier molecular flexibility index (Phi) is 5.80. The third-order valence-electron chi connectivity index (χ3n) is 7.53. The molecule has 0 radical (unpaired) electrons. The van der Waals surface area contributed by atoms with E-state index in [1.807, 2.05) is 18.3 Å². The smallest absolute Gasteiger partial charge is 0.269 e. The van der Waals surface area contributed by atoms with Crippen molar-refractivity contribution in [2.45, 2.75) is 69.9 Å². The molecule has 1 amide bonds. The highest BCUT2D eigenvalue weighted by atomic mass is 16.6. The largest absolute Gasteiger partial charge is 0.344 e. The number of fused-ring (bicyclic) bond motifs is 2. The van der Waals surface area contributed by atoms with Crippen molar-refractivity contribution in [2.75, 3.05) is 30.9 Å². The lowest BCUT2D eigenvalue weighted by atomic mass is 9.97. The van der Waals surface area contributed by atoms with Gasteiger partial charge in [-0.3, -0.25) is 10.1 Å². The summed E-state index contributed by atoms with van der Waals surface area (Å²) >= 11 is 0. The van der Waals surface area contributed by atoms with Crippen LogP contribution in [-0.4, -0.2) is 69.4 Å². The van der Waals surface area contributed by atoms with Crippen LogP contribution in [-0.2, 0) is 11.2 Å². The minimum absolute atomic E-state index is 0.0847. The van der Waals surface area contributed by atoms with Gasteiger partial charge in [0.15, 0.2) is 0 Å². The lowest BCUT2D eigenvalue weighted by Crippen LogP contribution is -2.59. The molecule has 1 spiro atoms. The number of H-pyrrole nitrogens is 1. The Morgan fingerprint density at radius 2 is 2.17 bits per heavy atom. The molecule has 7 rings (SSSR count). The van der Waals surface area contributed by atoms with E-state index in [1.54, 1.807) is 19.0 Å². The van der Waals surface area contributed by atoms with Crippen LogP contribution in [0.5, 0.6) is 0 Å². The molecule has 4 aliphatic heterocycles. The molecule has 4 fully saturated rings. The third kappa shape index (κ3) is 4.18. The summed E-state index contributed by atoms with van der Waals surface area (Å²) in [5.74, 6) is 1.06. The van der Waals surface area contributed by atoms with Gasteiger partial charge in [-0.2, -0.15) is 4.98 Å². The molecule has 0 saturated carbocycles. The van der Waals surface area contributed by atoms with E-state index in [0.717, 1.165) is 68.3 Å². The molecule has 3 aromatic heterocycles. The van der Waals surface area contributed by atoms with Gasteiger partial charge in [-0.05, 0) is 43.9 Å². The fourth-order valence-corrected chi connectivity index (χ4v) is 5.61. The van der Waals surface area contributed by atoms with Crippen LogP contribution in [0.15, 0.2) is 24.4 Å². The Labute approximate surface area is 210 Å². The molecule has 10 heteroatoms. The summed E-state index contributed by atoms with van der Waals surface area (Å²) in [6.07, 6.45) is 9.41. The molecule has 190 valence electrons. The number of rotatable bonds is 8. The van der Waals surface area contributed by atoms with E-state index in [-0.39, 0.29) is 17.9 Å². The number of hydrogen-bond donors (Lipinski definition) is 3. The molecular formula is C26H34N8O2. The number of ether oxygens (including phenoxy) is 1. The molecule has 0 aromatic carbocycles. The molecule has 4 saturated heterocycles. The van der Waals surface area contributed by atoms with Crippen LogP contribution in [0.2, 0.25) is 0 Å². The summed E-state index contributed by atoms with van der Waals surface area (Å²) in [6.45, 7) is 3.12. The maximum atomic E-state index is 12.5. The van der Waals surface area contributed by atoms with Crippen molar-refractivity contribution in [3.05, 3.63) is 35.8 Å². The van der Waals surface area contributed by atoms with Crippen molar-refractivity contribution in [2.24, 2.45) is 0 Å². The zero-order chi connectivity index (χ0) is 24.9. The minimum Gasteiger partial charge on any atom is -0.344 e. The van der Waals surface area contributed by atoms with Gasteiger partial charge in [0, 0.05) is 38.5 Å². The highest BCUT2D eigenvalue weighted by Crippen LogP contribution is 2.45. The number of nitrogens with zero attached hydrogens (tertiary/aromatic N) is 5. The van der Waals surface area contributed by atoms with E-state index in [1.165, 1.54) is 0 Å². The molecule has 36 heavy (non-hydrogen) atoms. The van der Waals surface area contributed by atoms with Crippen molar-refractivity contribution in [1.29, 1.82) is 0 Å². The van der Waals surface area contributed by atoms with Crippen molar-refractivity contribution in [1.82, 2.24) is 30.2 Å². The summed E-state index contributed by atoms with van der Waals surface area (Å²) in [7, 11) is 3.48. The van der Waals surface area contributed by atoms with Crippen molar-refractivity contribution >= 4 is 34.4 Å². The zero-order valence-electron chi connectivity index (χ0n) is 21.2. The Morgan fingerprint density at radius 1 is 1.31 bits per heavy atom. The Bertz CT molecular complexity index is 1260. The quantitative estimate of drug-likeness (QED) is 0.411. The molecule has 10 nitrogen and oxygen atoms in total. The number of aromatic nitrogens is 4. The first-order valence-corrected chi connectivity index (χ1v) is 13.0. The first kappa shape index (κ1) is 23.2. The first-order valence-electron chi connectivity index (χ1n) is 13.0. The Balaban J connectivity index is 1.23. The van der Waals surface area contributed by atoms with Crippen molar-refractivity contribution in [3.63, 3.8) is 0 Å². The van der Waals surface area contributed by atoms with Gasteiger partial charge in [-0.15, -0.1) is 0 Å². The molecule has 3 bridgehead atoms. The Morgan fingerprint density at radius 3 is 2.92 bits per heavy atom. The fraction of sp³-hybridized carbons (Fsp3) is 0.538. The van der Waals surface area contributed by atoms with Gasteiger partial charge < -0.3 is 24.8 Å².